The van der Waals surface area contributed by atoms with Gasteiger partial charge in [0.2, 0.25) is 10.0 Å². The van der Waals surface area contributed by atoms with Gasteiger partial charge in [0.05, 0.1) is 0 Å². The second-order valence-electron chi connectivity index (χ2n) is 6.85. The zero-order valence-corrected chi connectivity index (χ0v) is 16.9. The summed E-state index contributed by atoms with van der Waals surface area (Å²) < 4.78 is 27.0. The van der Waals surface area contributed by atoms with Gasteiger partial charge in [-0.2, -0.15) is 0 Å². The van der Waals surface area contributed by atoms with Crippen molar-refractivity contribution in [2.75, 3.05) is 33.2 Å². The van der Waals surface area contributed by atoms with Crippen molar-refractivity contribution in [2.24, 2.45) is 10.9 Å². The highest BCUT2D eigenvalue weighted by Crippen LogP contribution is 2.20. The number of aromatic nitrogens is 1. The molecule has 3 rings (SSSR count). The Labute approximate surface area is 167 Å². The first-order valence-corrected chi connectivity index (χ1v) is 11.0. The van der Waals surface area contributed by atoms with Crippen LogP contribution in [0.4, 0.5) is 0 Å². The lowest BCUT2D eigenvalue weighted by Crippen LogP contribution is -2.43. The van der Waals surface area contributed by atoms with E-state index < -0.39 is 10.0 Å². The fourth-order valence-electron chi connectivity index (χ4n) is 3.42. The minimum Gasteiger partial charge on any atom is -0.355 e. The minimum atomic E-state index is -3.53. The second kappa shape index (κ2) is 9.66. The molecule has 1 aromatic carbocycles. The number of aliphatic imine (C=N–C) groups is 1. The van der Waals surface area contributed by atoms with E-state index in [1.54, 1.807) is 19.3 Å². The van der Waals surface area contributed by atoms with Crippen LogP contribution in [0.1, 0.15) is 12.0 Å². The third-order valence-corrected chi connectivity index (χ3v) is 6.26. The highest BCUT2D eigenvalue weighted by Gasteiger charge is 2.25. The summed E-state index contributed by atoms with van der Waals surface area (Å²) in [6, 6.07) is 13.7. The van der Waals surface area contributed by atoms with Gasteiger partial charge >= 0.3 is 0 Å². The number of pyridine rings is 1. The summed E-state index contributed by atoms with van der Waals surface area (Å²) in [6.45, 7) is 2.65. The van der Waals surface area contributed by atoms with Gasteiger partial charge in [-0.05, 0) is 36.5 Å². The van der Waals surface area contributed by atoms with Crippen molar-refractivity contribution < 1.29 is 8.42 Å². The maximum Gasteiger partial charge on any atom is 0.242 e. The lowest BCUT2D eigenvalue weighted by atomic mass is 9.99. The third kappa shape index (κ3) is 5.53. The van der Waals surface area contributed by atoms with Crippen LogP contribution in [0.25, 0.3) is 0 Å². The van der Waals surface area contributed by atoms with Gasteiger partial charge < -0.3 is 10.2 Å². The van der Waals surface area contributed by atoms with Gasteiger partial charge in [0.15, 0.2) is 5.96 Å². The van der Waals surface area contributed by atoms with Crippen LogP contribution in [0.5, 0.6) is 0 Å². The molecule has 2 heterocycles. The summed E-state index contributed by atoms with van der Waals surface area (Å²) in [7, 11) is -1.78. The first-order chi connectivity index (χ1) is 13.6. The lowest BCUT2D eigenvalue weighted by Gasteiger charge is -2.22. The van der Waals surface area contributed by atoms with E-state index in [0.29, 0.717) is 12.5 Å². The van der Waals surface area contributed by atoms with E-state index in [0.717, 1.165) is 31.9 Å². The summed E-state index contributed by atoms with van der Waals surface area (Å²) in [5, 5.41) is 3.25. The number of likely N-dealkylation sites (tertiary alicyclic amines) is 1. The Kier molecular flexibility index (Phi) is 7.00. The Morgan fingerprint density at radius 3 is 2.75 bits per heavy atom. The highest BCUT2D eigenvalue weighted by molar-refractivity contribution is 7.89. The smallest absolute Gasteiger partial charge is 0.242 e. The molecule has 1 fully saturated rings. The second-order valence-corrected chi connectivity index (χ2v) is 8.62. The predicted molar refractivity (Wildman–Crippen MR) is 111 cm³/mol. The molecule has 1 aliphatic rings. The van der Waals surface area contributed by atoms with Gasteiger partial charge in [0, 0.05) is 45.6 Å². The molecule has 0 saturated carbocycles. The molecule has 1 saturated heterocycles. The van der Waals surface area contributed by atoms with E-state index in [9.17, 15) is 8.42 Å². The summed E-state index contributed by atoms with van der Waals surface area (Å²) in [5.74, 6) is 1.42. The quantitative estimate of drug-likeness (QED) is 0.417. The number of sulfonamides is 1. The Hall–Kier alpha value is -2.45. The summed E-state index contributed by atoms with van der Waals surface area (Å²) in [5.41, 5.74) is 1.36. The Morgan fingerprint density at radius 2 is 2.04 bits per heavy atom. The van der Waals surface area contributed by atoms with Crippen molar-refractivity contribution in [3.63, 3.8) is 0 Å². The number of nitrogens with zero attached hydrogens (tertiary/aromatic N) is 3. The molecule has 150 valence electrons. The van der Waals surface area contributed by atoms with Crippen LogP contribution in [-0.2, 0) is 16.4 Å². The first kappa shape index (κ1) is 20.3. The van der Waals surface area contributed by atoms with Gasteiger partial charge in [-0.15, -0.1) is 0 Å². The molecule has 7 nitrogen and oxygen atoms in total. The average Bonchev–Trinajstić information content (AvgIpc) is 3.17. The van der Waals surface area contributed by atoms with E-state index in [4.69, 9.17) is 0 Å². The van der Waals surface area contributed by atoms with E-state index in [-0.39, 0.29) is 11.4 Å². The van der Waals surface area contributed by atoms with E-state index in [1.165, 1.54) is 17.8 Å². The molecule has 0 radical (unpaired) electrons. The maximum absolute atomic E-state index is 12.2. The fourth-order valence-corrected chi connectivity index (χ4v) is 4.42. The number of benzene rings is 1. The monoisotopic (exact) mass is 401 g/mol. The molecule has 28 heavy (non-hydrogen) atoms. The molecule has 1 aliphatic heterocycles. The van der Waals surface area contributed by atoms with E-state index in [1.807, 2.05) is 6.07 Å². The van der Waals surface area contributed by atoms with Gasteiger partial charge in [-0.25, -0.2) is 13.1 Å². The largest absolute Gasteiger partial charge is 0.355 e. The Bertz CT molecular complexity index is 872. The van der Waals surface area contributed by atoms with Crippen LogP contribution < -0.4 is 10.0 Å². The number of hydrogen-bond acceptors (Lipinski definition) is 4. The number of guanidine groups is 1. The standard InChI is InChI=1S/C20H27N5O2S/c1-21-20(23-11-12-24-28(26,27)19-8-5-10-22-15-19)25-13-9-18(16-25)14-17-6-3-2-4-7-17/h2-8,10,15,18,24H,9,11-14,16H2,1H3,(H,21,23). The SMILES string of the molecule is CN=C(NCCNS(=O)(=O)c1cccnc1)N1CCC(Cc2ccccc2)C1. The molecule has 2 N–H and O–H groups in total. The van der Waals surface area contributed by atoms with Crippen molar-refractivity contribution in [1.82, 2.24) is 19.9 Å². The van der Waals surface area contributed by atoms with Crippen LogP contribution in [-0.4, -0.2) is 57.5 Å². The molecule has 2 aromatic rings. The van der Waals surface area contributed by atoms with Crippen molar-refractivity contribution in [3.8, 4) is 0 Å². The van der Waals surface area contributed by atoms with E-state index in [2.05, 4.69) is 49.2 Å². The van der Waals surface area contributed by atoms with Gasteiger partial charge in [-0.3, -0.25) is 9.98 Å². The van der Waals surface area contributed by atoms with Crippen LogP contribution in [0.15, 0.2) is 64.7 Å². The zero-order valence-electron chi connectivity index (χ0n) is 16.1. The maximum atomic E-state index is 12.2. The average molecular weight is 402 g/mol. The van der Waals surface area contributed by atoms with Gasteiger partial charge in [-0.1, -0.05) is 30.3 Å². The first-order valence-electron chi connectivity index (χ1n) is 9.47. The molecule has 0 amide bonds. The number of hydrogen-bond donors (Lipinski definition) is 2. The Balaban J connectivity index is 1.44. The van der Waals surface area contributed by atoms with Crippen LogP contribution in [0, 0.1) is 5.92 Å². The molecule has 0 bridgehead atoms. The highest BCUT2D eigenvalue weighted by atomic mass is 32.2. The van der Waals surface area contributed by atoms with Crippen molar-refractivity contribution >= 4 is 16.0 Å². The molecule has 8 heteroatoms. The molecule has 1 unspecified atom stereocenters. The molecular weight excluding hydrogens is 374 g/mol. The molecule has 1 atom stereocenters. The van der Waals surface area contributed by atoms with Gasteiger partial charge in [0.1, 0.15) is 4.90 Å². The number of nitrogens with one attached hydrogen (secondary N) is 2. The normalized spacial score (nSPS) is 17.7. The van der Waals surface area contributed by atoms with Crippen LogP contribution in [0.2, 0.25) is 0 Å². The minimum absolute atomic E-state index is 0.169. The van der Waals surface area contributed by atoms with E-state index >= 15 is 0 Å². The summed E-state index contributed by atoms with van der Waals surface area (Å²) in [4.78, 5) is 10.6. The Morgan fingerprint density at radius 1 is 1.21 bits per heavy atom. The third-order valence-electron chi connectivity index (χ3n) is 4.81. The predicted octanol–water partition coefficient (Wildman–Crippen LogP) is 1.50. The van der Waals surface area contributed by atoms with Crippen molar-refractivity contribution in [3.05, 3.63) is 60.4 Å². The molecular formula is C20H27N5O2S. The molecule has 1 aromatic heterocycles. The molecule has 0 aliphatic carbocycles. The molecule has 0 spiro atoms. The van der Waals surface area contributed by atoms with Crippen LogP contribution in [0.3, 0.4) is 0 Å². The van der Waals surface area contributed by atoms with Crippen molar-refractivity contribution in [2.45, 2.75) is 17.7 Å². The topological polar surface area (TPSA) is 86.7 Å². The van der Waals surface area contributed by atoms with Gasteiger partial charge in [0.25, 0.3) is 0 Å². The van der Waals surface area contributed by atoms with Crippen LogP contribution >= 0.6 is 0 Å². The zero-order chi connectivity index (χ0) is 19.8. The summed E-state index contributed by atoms with van der Waals surface area (Å²) in [6.07, 6.45) is 5.08. The summed E-state index contributed by atoms with van der Waals surface area (Å²) >= 11 is 0. The number of rotatable bonds is 7. The van der Waals surface area contributed by atoms with Crippen molar-refractivity contribution in [1.29, 1.82) is 0 Å². The lowest BCUT2D eigenvalue weighted by molar-refractivity contribution is 0.460. The fraction of sp³-hybridized carbons (Fsp3) is 0.400.